The third-order valence-electron chi connectivity index (χ3n) is 5.56. The first-order valence-electron chi connectivity index (χ1n) is 11.1. The van der Waals surface area contributed by atoms with Gasteiger partial charge in [-0.05, 0) is 55.8 Å². The molecule has 0 aliphatic carbocycles. The summed E-state index contributed by atoms with van der Waals surface area (Å²) >= 11 is 5.97. The van der Waals surface area contributed by atoms with Crippen LogP contribution in [0.4, 0.5) is 10.1 Å². The molecule has 6 nitrogen and oxygen atoms in total. The fourth-order valence-corrected chi connectivity index (χ4v) is 5.60. The van der Waals surface area contributed by atoms with Crippen molar-refractivity contribution in [2.75, 3.05) is 10.9 Å². The molecule has 0 fully saturated rings. The maximum absolute atomic E-state index is 14.9. The van der Waals surface area contributed by atoms with E-state index in [-0.39, 0.29) is 10.6 Å². The normalized spacial score (nSPS) is 12.3. The van der Waals surface area contributed by atoms with Gasteiger partial charge in [-0.2, -0.15) is 0 Å². The minimum absolute atomic E-state index is 0.00994. The summed E-state index contributed by atoms with van der Waals surface area (Å²) in [6.07, 6.45) is 6.07. The Morgan fingerprint density at radius 3 is 2.49 bits per heavy atom. The van der Waals surface area contributed by atoms with Gasteiger partial charge in [0.1, 0.15) is 11.6 Å². The average molecular weight is 514 g/mol. The first-order valence-corrected chi connectivity index (χ1v) is 12.9. The third kappa shape index (κ3) is 5.66. The van der Waals surface area contributed by atoms with Gasteiger partial charge in [0.05, 0.1) is 29.6 Å². The van der Waals surface area contributed by atoms with E-state index in [1.165, 1.54) is 42.5 Å². The van der Waals surface area contributed by atoms with Crippen molar-refractivity contribution in [1.29, 1.82) is 0 Å². The maximum atomic E-state index is 14.9. The summed E-state index contributed by atoms with van der Waals surface area (Å²) < 4.78 is 51.6. The first-order chi connectivity index (χ1) is 16.9. The first kappa shape index (κ1) is 24.8. The summed E-state index contributed by atoms with van der Waals surface area (Å²) in [4.78, 5) is 4.04. The zero-order chi connectivity index (χ0) is 24.8. The highest BCUT2D eigenvalue weighted by molar-refractivity contribution is 7.92. The molecule has 9 heteroatoms. The molecule has 3 aromatic carbocycles. The fourth-order valence-electron chi connectivity index (χ4n) is 3.83. The highest BCUT2D eigenvalue weighted by Crippen LogP contribution is 2.38. The van der Waals surface area contributed by atoms with E-state index in [0.29, 0.717) is 22.9 Å². The largest absolute Gasteiger partial charge is 0.493 e. The Bertz CT molecular complexity index is 1360. The molecule has 0 radical (unpaired) electrons. The topological polar surface area (TPSA) is 64.4 Å². The number of halogens is 2. The summed E-state index contributed by atoms with van der Waals surface area (Å²) in [5, 5.41) is 0.406. The smallest absolute Gasteiger partial charge is 0.264 e. The lowest BCUT2D eigenvalue weighted by Crippen LogP contribution is -2.34. The van der Waals surface area contributed by atoms with E-state index in [1.807, 2.05) is 16.8 Å². The van der Waals surface area contributed by atoms with Crippen molar-refractivity contribution in [2.24, 2.45) is 0 Å². The minimum Gasteiger partial charge on any atom is -0.493 e. The molecule has 1 heterocycles. The van der Waals surface area contributed by atoms with Gasteiger partial charge in [0, 0.05) is 29.5 Å². The van der Waals surface area contributed by atoms with Gasteiger partial charge in [-0.25, -0.2) is 17.8 Å². The molecule has 0 saturated carbocycles. The molecule has 182 valence electrons. The molecule has 0 saturated heterocycles. The molecule has 35 heavy (non-hydrogen) atoms. The predicted octanol–water partition coefficient (Wildman–Crippen LogP) is 6.10. The fraction of sp³-hybridized carbons (Fsp3) is 0.192. The molecule has 4 aromatic rings. The number of aromatic nitrogens is 2. The van der Waals surface area contributed by atoms with E-state index in [1.54, 1.807) is 43.7 Å². The van der Waals surface area contributed by atoms with E-state index < -0.39 is 21.9 Å². The van der Waals surface area contributed by atoms with Crippen LogP contribution in [0.3, 0.4) is 0 Å². The molecule has 0 bridgehead atoms. The second kappa shape index (κ2) is 10.9. The molecule has 0 N–H and O–H groups in total. The Morgan fingerprint density at radius 1 is 1.06 bits per heavy atom. The van der Waals surface area contributed by atoms with Gasteiger partial charge in [-0.1, -0.05) is 41.9 Å². The number of imidazole rings is 1. The van der Waals surface area contributed by atoms with Crippen molar-refractivity contribution in [1.82, 2.24) is 9.55 Å². The number of anilines is 1. The lowest BCUT2D eigenvalue weighted by Gasteiger charge is -2.32. The van der Waals surface area contributed by atoms with Crippen LogP contribution in [0.1, 0.15) is 24.9 Å². The van der Waals surface area contributed by atoms with Crippen molar-refractivity contribution >= 4 is 27.3 Å². The van der Waals surface area contributed by atoms with Crippen LogP contribution in [0.5, 0.6) is 5.75 Å². The Hall–Kier alpha value is -3.36. The molecule has 0 aliphatic rings. The van der Waals surface area contributed by atoms with Crippen LogP contribution >= 0.6 is 11.6 Å². The van der Waals surface area contributed by atoms with Crippen LogP contribution in [-0.2, 0) is 16.6 Å². The van der Waals surface area contributed by atoms with E-state index in [9.17, 15) is 12.8 Å². The number of nitrogens with zero attached hydrogens (tertiary/aromatic N) is 3. The number of ether oxygens (including phenoxy) is 1. The van der Waals surface area contributed by atoms with Gasteiger partial charge in [-0.3, -0.25) is 4.31 Å². The lowest BCUT2D eigenvalue weighted by atomic mass is 10.1. The highest BCUT2D eigenvalue weighted by atomic mass is 35.5. The number of hydrogen-bond donors (Lipinski definition) is 0. The van der Waals surface area contributed by atoms with Gasteiger partial charge < -0.3 is 9.30 Å². The van der Waals surface area contributed by atoms with Crippen LogP contribution in [0.2, 0.25) is 5.02 Å². The van der Waals surface area contributed by atoms with Crippen molar-refractivity contribution < 1.29 is 17.5 Å². The number of benzene rings is 3. The molecule has 0 spiro atoms. The van der Waals surface area contributed by atoms with Crippen LogP contribution in [0.25, 0.3) is 0 Å². The number of aryl methyl sites for hydroxylation is 1. The number of hydrogen-bond acceptors (Lipinski definition) is 4. The summed E-state index contributed by atoms with van der Waals surface area (Å²) in [5.41, 5.74) is 0.570. The van der Waals surface area contributed by atoms with Crippen LogP contribution in [0.15, 0.2) is 96.4 Å². The Labute approximate surface area is 209 Å². The molecular weight excluding hydrogens is 489 g/mol. The van der Waals surface area contributed by atoms with E-state index in [2.05, 4.69) is 4.98 Å². The van der Waals surface area contributed by atoms with E-state index in [4.69, 9.17) is 16.3 Å². The van der Waals surface area contributed by atoms with Crippen molar-refractivity contribution in [3.63, 3.8) is 0 Å². The van der Waals surface area contributed by atoms with Crippen molar-refractivity contribution in [3.8, 4) is 5.75 Å². The van der Waals surface area contributed by atoms with Gasteiger partial charge in [0.25, 0.3) is 10.0 Å². The second-order valence-electron chi connectivity index (χ2n) is 7.92. The molecule has 0 aliphatic heterocycles. The Morgan fingerprint density at radius 2 is 1.77 bits per heavy atom. The molecule has 1 atom stereocenters. The van der Waals surface area contributed by atoms with Gasteiger partial charge in [0.15, 0.2) is 0 Å². The highest BCUT2D eigenvalue weighted by Gasteiger charge is 2.33. The monoisotopic (exact) mass is 513 g/mol. The SMILES string of the molecule is C[C@H](c1ccccc1OCCCn1ccnc1)N(c1ccccc1F)S(=O)(=O)c1ccc(Cl)cc1. The predicted molar refractivity (Wildman–Crippen MR) is 135 cm³/mol. The van der Waals surface area contributed by atoms with Crippen molar-refractivity contribution in [2.45, 2.75) is 30.8 Å². The zero-order valence-electron chi connectivity index (χ0n) is 19.1. The third-order valence-corrected chi connectivity index (χ3v) is 7.71. The van der Waals surface area contributed by atoms with Gasteiger partial charge in [-0.15, -0.1) is 0 Å². The quantitative estimate of drug-likeness (QED) is 0.240. The summed E-state index contributed by atoms with van der Waals surface area (Å²) in [7, 11) is -4.14. The Balaban J connectivity index is 1.67. The van der Waals surface area contributed by atoms with E-state index in [0.717, 1.165) is 17.3 Å². The van der Waals surface area contributed by atoms with Gasteiger partial charge >= 0.3 is 0 Å². The lowest BCUT2D eigenvalue weighted by molar-refractivity contribution is 0.297. The van der Waals surface area contributed by atoms with Gasteiger partial charge in [0.2, 0.25) is 0 Å². The summed E-state index contributed by atoms with van der Waals surface area (Å²) in [6.45, 7) is 2.88. The molecule has 4 rings (SSSR count). The molecular formula is C26H25ClFN3O3S. The van der Waals surface area contributed by atoms with E-state index >= 15 is 0 Å². The maximum Gasteiger partial charge on any atom is 0.264 e. The summed E-state index contributed by atoms with van der Waals surface area (Å²) in [6, 6.07) is 18.1. The van der Waals surface area contributed by atoms with Crippen LogP contribution < -0.4 is 9.04 Å². The standard InChI is InChI=1S/C26H25ClFN3O3S/c1-20(23-7-2-5-10-26(23)34-18-6-16-30-17-15-29-19-30)31(25-9-4-3-8-24(25)28)35(32,33)22-13-11-21(27)12-14-22/h2-5,7-15,17,19-20H,6,16,18H2,1H3/t20-/m1/s1. The summed E-state index contributed by atoms with van der Waals surface area (Å²) in [5.74, 6) is -0.103. The number of rotatable bonds is 10. The van der Waals surface area contributed by atoms with Crippen molar-refractivity contribution in [3.05, 3.63) is 108 Å². The Kier molecular flexibility index (Phi) is 7.73. The molecule has 0 unspecified atom stereocenters. The molecule has 1 aromatic heterocycles. The average Bonchev–Trinajstić information content (AvgIpc) is 3.37. The molecule has 0 amide bonds. The minimum atomic E-state index is -4.14. The zero-order valence-corrected chi connectivity index (χ0v) is 20.7. The number of para-hydroxylation sites is 2. The number of sulfonamides is 1. The second-order valence-corrected chi connectivity index (χ2v) is 10.2. The van der Waals surface area contributed by atoms with Crippen LogP contribution in [0, 0.1) is 5.82 Å². The van der Waals surface area contributed by atoms with Crippen LogP contribution in [-0.4, -0.2) is 24.6 Å².